The number of nitro groups is 1. The molecule has 1 aromatic carbocycles. The number of nitrogen functional groups attached to an aromatic ring is 1. The van der Waals surface area contributed by atoms with Crippen molar-refractivity contribution in [1.82, 2.24) is 4.90 Å². The highest BCUT2D eigenvalue weighted by atomic mass is 16.6. The maximum Gasteiger partial charge on any atom is 0.275 e. The fraction of sp³-hybridized carbons (Fsp3) is 0.500. The molecule has 0 amide bonds. The van der Waals surface area contributed by atoms with E-state index in [0.29, 0.717) is 18.0 Å². The molecule has 19 heavy (non-hydrogen) atoms. The lowest BCUT2D eigenvalue weighted by molar-refractivity contribution is -0.384. The van der Waals surface area contributed by atoms with Crippen LogP contribution in [-0.2, 0) is 0 Å². The van der Waals surface area contributed by atoms with E-state index in [0.717, 1.165) is 19.6 Å². The first-order valence-corrected chi connectivity index (χ1v) is 6.22. The number of non-ortho nitro benzene ring substituents is 1. The molecule has 0 fully saturated rings. The lowest BCUT2D eigenvalue weighted by Gasteiger charge is -2.18. The van der Waals surface area contributed by atoms with Gasteiger partial charge in [-0.3, -0.25) is 16.0 Å². The van der Waals surface area contributed by atoms with Crippen LogP contribution in [0.2, 0.25) is 0 Å². The van der Waals surface area contributed by atoms with Crippen LogP contribution in [0.25, 0.3) is 0 Å². The second-order valence-electron chi connectivity index (χ2n) is 3.99. The molecule has 0 saturated carbocycles. The van der Waals surface area contributed by atoms with Crippen LogP contribution in [0.15, 0.2) is 18.2 Å². The summed E-state index contributed by atoms with van der Waals surface area (Å²) in [4.78, 5) is 12.5. The van der Waals surface area contributed by atoms with Crippen molar-refractivity contribution < 1.29 is 9.66 Å². The molecular formula is C12H20N4O3. The topological polar surface area (TPSA) is 93.7 Å². The summed E-state index contributed by atoms with van der Waals surface area (Å²) in [5.74, 6) is 5.71. The van der Waals surface area contributed by atoms with Crippen molar-refractivity contribution in [2.45, 2.75) is 13.8 Å². The predicted octanol–water partition coefficient (Wildman–Crippen LogP) is 1.60. The average Bonchev–Trinajstić information content (AvgIpc) is 2.43. The van der Waals surface area contributed by atoms with Gasteiger partial charge in [-0.2, -0.15) is 0 Å². The van der Waals surface area contributed by atoms with E-state index < -0.39 is 4.92 Å². The number of rotatable bonds is 8. The number of nitro benzene ring substituents is 1. The van der Waals surface area contributed by atoms with E-state index in [1.165, 1.54) is 12.1 Å². The van der Waals surface area contributed by atoms with Crippen molar-refractivity contribution in [2.75, 3.05) is 31.7 Å². The smallest absolute Gasteiger partial charge is 0.275 e. The summed E-state index contributed by atoms with van der Waals surface area (Å²) in [6, 6.07) is 4.38. The summed E-state index contributed by atoms with van der Waals surface area (Å²) in [6.07, 6.45) is 0. The van der Waals surface area contributed by atoms with Crippen molar-refractivity contribution in [3.05, 3.63) is 28.3 Å². The van der Waals surface area contributed by atoms with Gasteiger partial charge in [-0.1, -0.05) is 13.8 Å². The number of hydrogen-bond acceptors (Lipinski definition) is 6. The summed E-state index contributed by atoms with van der Waals surface area (Å²) in [6.45, 7) is 7.31. The van der Waals surface area contributed by atoms with E-state index in [9.17, 15) is 10.1 Å². The van der Waals surface area contributed by atoms with Gasteiger partial charge in [0, 0.05) is 18.7 Å². The summed E-state index contributed by atoms with van der Waals surface area (Å²) >= 11 is 0. The Balaban J connectivity index is 2.67. The summed E-state index contributed by atoms with van der Waals surface area (Å²) in [5.41, 5.74) is 2.79. The predicted molar refractivity (Wildman–Crippen MR) is 74.2 cm³/mol. The number of nitrogens with zero attached hydrogens (tertiary/aromatic N) is 2. The zero-order valence-corrected chi connectivity index (χ0v) is 11.3. The molecule has 1 rings (SSSR count). The third kappa shape index (κ3) is 4.72. The van der Waals surface area contributed by atoms with Crippen LogP contribution in [0.5, 0.6) is 5.75 Å². The van der Waals surface area contributed by atoms with Crippen LogP contribution in [0, 0.1) is 10.1 Å². The molecule has 0 unspecified atom stereocenters. The highest BCUT2D eigenvalue weighted by Gasteiger charge is 2.10. The number of hydrogen-bond donors (Lipinski definition) is 2. The monoisotopic (exact) mass is 268 g/mol. The highest BCUT2D eigenvalue weighted by molar-refractivity contribution is 5.55. The quantitative estimate of drug-likeness (QED) is 0.422. The SMILES string of the molecule is CCN(CC)CCOc1cc(NN)cc([N+](=O)[O-])c1. The van der Waals surface area contributed by atoms with E-state index >= 15 is 0 Å². The molecule has 0 aromatic heterocycles. The number of ether oxygens (including phenoxy) is 1. The summed E-state index contributed by atoms with van der Waals surface area (Å²) in [5, 5.41) is 10.8. The standard InChI is InChI=1S/C12H20N4O3/c1-3-15(4-2)5-6-19-12-8-10(14-13)7-11(9-12)16(17)18/h7-9,14H,3-6,13H2,1-2H3. The van der Waals surface area contributed by atoms with Gasteiger partial charge in [0.15, 0.2) is 0 Å². The highest BCUT2D eigenvalue weighted by Crippen LogP contribution is 2.25. The van der Waals surface area contributed by atoms with Gasteiger partial charge in [0.05, 0.1) is 16.7 Å². The molecule has 0 aliphatic carbocycles. The van der Waals surface area contributed by atoms with Gasteiger partial charge in [-0.05, 0) is 13.1 Å². The molecule has 0 atom stereocenters. The molecule has 7 nitrogen and oxygen atoms in total. The largest absolute Gasteiger partial charge is 0.492 e. The van der Waals surface area contributed by atoms with Crippen LogP contribution >= 0.6 is 0 Å². The third-order valence-corrected chi connectivity index (χ3v) is 2.84. The zero-order chi connectivity index (χ0) is 14.3. The number of likely N-dealkylation sites (N-methyl/N-ethyl adjacent to an activating group) is 1. The van der Waals surface area contributed by atoms with Crippen molar-refractivity contribution in [1.29, 1.82) is 0 Å². The molecule has 0 saturated heterocycles. The van der Waals surface area contributed by atoms with Crippen LogP contribution in [-0.4, -0.2) is 36.1 Å². The van der Waals surface area contributed by atoms with Gasteiger partial charge in [0.1, 0.15) is 12.4 Å². The Bertz CT molecular complexity index is 421. The first kappa shape index (κ1) is 15.2. The third-order valence-electron chi connectivity index (χ3n) is 2.84. The molecular weight excluding hydrogens is 248 g/mol. The molecule has 1 aromatic rings. The first-order valence-electron chi connectivity index (χ1n) is 6.22. The van der Waals surface area contributed by atoms with Gasteiger partial charge < -0.3 is 15.1 Å². The molecule has 0 radical (unpaired) electrons. The molecule has 7 heteroatoms. The maximum atomic E-state index is 10.8. The Hall–Kier alpha value is -1.86. The van der Waals surface area contributed by atoms with Crippen molar-refractivity contribution in [3.63, 3.8) is 0 Å². The molecule has 0 aliphatic heterocycles. The minimum absolute atomic E-state index is 0.0479. The molecule has 106 valence electrons. The Kier molecular flexibility index (Phi) is 6.04. The Morgan fingerprint density at radius 3 is 2.58 bits per heavy atom. The number of anilines is 1. The summed E-state index contributed by atoms with van der Waals surface area (Å²) < 4.78 is 5.53. The van der Waals surface area contributed by atoms with E-state index in [1.54, 1.807) is 6.07 Å². The molecule has 0 bridgehead atoms. The van der Waals surface area contributed by atoms with Crippen LogP contribution in [0.3, 0.4) is 0 Å². The number of hydrazine groups is 1. The number of benzene rings is 1. The van der Waals surface area contributed by atoms with Gasteiger partial charge in [0.2, 0.25) is 0 Å². The van der Waals surface area contributed by atoms with Crippen molar-refractivity contribution in [2.24, 2.45) is 5.84 Å². The molecule has 0 aliphatic rings. The minimum Gasteiger partial charge on any atom is -0.492 e. The number of nitrogens with two attached hydrogens (primary N) is 1. The van der Waals surface area contributed by atoms with Crippen LogP contribution in [0.4, 0.5) is 11.4 Å². The Labute approximate surface area is 112 Å². The van der Waals surface area contributed by atoms with Gasteiger partial charge in [-0.25, -0.2) is 0 Å². The Morgan fingerprint density at radius 1 is 1.37 bits per heavy atom. The fourth-order valence-electron chi connectivity index (χ4n) is 1.69. The lowest BCUT2D eigenvalue weighted by atomic mass is 10.2. The van der Waals surface area contributed by atoms with Crippen molar-refractivity contribution in [3.8, 4) is 5.75 Å². The number of nitrogens with one attached hydrogen (secondary N) is 1. The summed E-state index contributed by atoms with van der Waals surface area (Å²) in [7, 11) is 0. The molecule has 3 N–H and O–H groups in total. The van der Waals surface area contributed by atoms with E-state index in [1.807, 2.05) is 0 Å². The fourth-order valence-corrected chi connectivity index (χ4v) is 1.69. The zero-order valence-electron chi connectivity index (χ0n) is 11.3. The maximum absolute atomic E-state index is 10.8. The Morgan fingerprint density at radius 2 is 2.05 bits per heavy atom. The normalized spacial score (nSPS) is 10.5. The van der Waals surface area contributed by atoms with Crippen LogP contribution in [0.1, 0.15) is 13.8 Å². The average molecular weight is 268 g/mol. The van der Waals surface area contributed by atoms with Crippen molar-refractivity contribution >= 4 is 11.4 Å². The van der Waals surface area contributed by atoms with Crippen LogP contribution < -0.4 is 16.0 Å². The second-order valence-corrected chi connectivity index (χ2v) is 3.99. The van der Waals surface area contributed by atoms with Gasteiger partial charge in [-0.15, -0.1) is 0 Å². The molecule has 0 spiro atoms. The van der Waals surface area contributed by atoms with Gasteiger partial charge >= 0.3 is 0 Å². The lowest BCUT2D eigenvalue weighted by Crippen LogP contribution is -2.27. The van der Waals surface area contributed by atoms with E-state index in [-0.39, 0.29) is 5.69 Å². The first-order chi connectivity index (χ1) is 9.10. The van der Waals surface area contributed by atoms with Gasteiger partial charge in [0.25, 0.3) is 5.69 Å². The van der Waals surface area contributed by atoms with E-state index in [2.05, 4.69) is 24.2 Å². The minimum atomic E-state index is -0.474. The second kappa shape index (κ2) is 7.55. The molecule has 0 heterocycles. The van der Waals surface area contributed by atoms with E-state index in [4.69, 9.17) is 10.6 Å².